The lowest BCUT2D eigenvalue weighted by atomic mass is 10.2. The van der Waals surface area contributed by atoms with E-state index in [0.29, 0.717) is 5.32 Å². The number of hydrogen-bond donors (Lipinski definition) is 4. The summed E-state index contributed by atoms with van der Waals surface area (Å²) in [6, 6.07) is -1.23. The molecular weight excluding hydrogens is 320 g/mol. The monoisotopic (exact) mass is 335 g/mol. The van der Waals surface area contributed by atoms with Crippen molar-refractivity contribution >= 4 is 5.69 Å². The van der Waals surface area contributed by atoms with Crippen LogP contribution in [-0.2, 0) is 4.74 Å². The third-order valence-electron chi connectivity index (χ3n) is 2.62. The first-order valence-corrected chi connectivity index (χ1v) is 5.90. The van der Waals surface area contributed by atoms with Crippen molar-refractivity contribution in [3.63, 3.8) is 0 Å². The minimum Gasteiger partial charge on any atom is -0.400 e. The number of halogens is 6. The van der Waals surface area contributed by atoms with Gasteiger partial charge in [-0.2, -0.15) is 26.3 Å². The van der Waals surface area contributed by atoms with Crippen molar-refractivity contribution in [1.29, 1.82) is 0 Å². The van der Waals surface area contributed by atoms with Crippen LogP contribution in [0.5, 0.6) is 0 Å². The maximum Gasteiger partial charge on any atom is 0.438 e. The highest BCUT2D eigenvalue weighted by molar-refractivity contribution is 5.29. The van der Waals surface area contributed by atoms with Crippen LogP contribution in [0.3, 0.4) is 0 Å². The van der Waals surface area contributed by atoms with Gasteiger partial charge in [0, 0.05) is 0 Å². The third kappa shape index (κ3) is 5.44. The van der Waals surface area contributed by atoms with Crippen molar-refractivity contribution in [3.05, 3.63) is 24.0 Å². The molecule has 12 heteroatoms. The second-order valence-electron chi connectivity index (χ2n) is 4.22. The fraction of sp³-hybridized carbons (Fsp3) is 0.500. The van der Waals surface area contributed by atoms with Crippen molar-refractivity contribution in [2.24, 2.45) is 5.73 Å². The van der Waals surface area contributed by atoms with E-state index in [-0.39, 0.29) is 11.4 Å². The molecular formula is C10H15F6N5O+2. The fourth-order valence-corrected chi connectivity index (χ4v) is 1.63. The zero-order valence-corrected chi connectivity index (χ0v) is 11.1. The zero-order chi connectivity index (χ0) is 16.9. The van der Waals surface area contributed by atoms with Crippen LogP contribution in [0.2, 0.25) is 0 Å². The summed E-state index contributed by atoms with van der Waals surface area (Å²) >= 11 is 0. The van der Waals surface area contributed by atoms with Gasteiger partial charge in [-0.05, 0) is 0 Å². The summed E-state index contributed by atoms with van der Waals surface area (Å²) < 4.78 is 79.3. The van der Waals surface area contributed by atoms with Crippen LogP contribution in [0.4, 0.5) is 32.0 Å². The van der Waals surface area contributed by atoms with Gasteiger partial charge in [0.15, 0.2) is 17.9 Å². The Bertz CT molecular complexity index is 495. The van der Waals surface area contributed by atoms with E-state index in [0.717, 1.165) is 17.1 Å². The SMILES string of the molecule is N/C=C(\[NH2+]CC(F)(F)F)C(COC(F)F)[n+]1cc(N)c(F)[nH]1. The molecule has 1 aromatic heterocycles. The van der Waals surface area contributed by atoms with Crippen LogP contribution in [0.25, 0.3) is 0 Å². The summed E-state index contributed by atoms with van der Waals surface area (Å²) in [7, 11) is 0. The first-order valence-electron chi connectivity index (χ1n) is 5.90. The van der Waals surface area contributed by atoms with Crippen molar-refractivity contribution in [2.45, 2.75) is 18.8 Å². The lowest BCUT2D eigenvalue weighted by molar-refractivity contribution is -0.794. The lowest BCUT2D eigenvalue weighted by Crippen LogP contribution is -2.87. The van der Waals surface area contributed by atoms with Crippen LogP contribution in [0.15, 0.2) is 18.1 Å². The predicted octanol–water partition coefficient (Wildman–Crippen LogP) is -0.270. The molecule has 0 aliphatic heterocycles. The van der Waals surface area contributed by atoms with E-state index in [2.05, 4.69) is 9.84 Å². The number of aromatic nitrogens is 2. The summed E-state index contributed by atoms with van der Waals surface area (Å²) in [5, 5.41) is 2.78. The third-order valence-corrected chi connectivity index (χ3v) is 2.62. The summed E-state index contributed by atoms with van der Waals surface area (Å²) in [4.78, 5) is 0. The number of rotatable bonds is 7. The van der Waals surface area contributed by atoms with Gasteiger partial charge in [0.1, 0.15) is 6.61 Å². The molecule has 0 aliphatic rings. The Morgan fingerprint density at radius 1 is 1.45 bits per heavy atom. The molecule has 1 rings (SSSR count). The van der Waals surface area contributed by atoms with Gasteiger partial charge in [0.2, 0.25) is 6.20 Å². The molecule has 7 N–H and O–H groups in total. The zero-order valence-electron chi connectivity index (χ0n) is 11.1. The number of anilines is 1. The number of hydrogen-bond acceptors (Lipinski definition) is 3. The van der Waals surface area contributed by atoms with Crippen molar-refractivity contribution < 1.29 is 41.1 Å². The second kappa shape index (κ2) is 7.35. The average molecular weight is 335 g/mol. The molecule has 0 amide bonds. The number of nitrogen functional groups attached to an aromatic ring is 1. The molecule has 1 atom stereocenters. The first-order chi connectivity index (χ1) is 10.1. The quantitative estimate of drug-likeness (QED) is 0.408. The molecule has 0 fully saturated rings. The number of nitrogens with two attached hydrogens (primary N) is 3. The maximum atomic E-state index is 13.2. The molecule has 126 valence electrons. The Morgan fingerprint density at radius 3 is 2.50 bits per heavy atom. The van der Waals surface area contributed by atoms with Gasteiger partial charge in [-0.1, -0.05) is 4.68 Å². The Kier molecular flexibility index (Phi) is 6.05. The van der Waals surface area contributed by atoms with Crippen molar-refractivity contribution in [3.8, 4) is 0 Å². The summed E-state index contributed by atoms with van der Waals surface area (Å²) in [6.07, 6.45) is -2.71. The van der Waals surface area contributed by atoms with Gasteiger partial charge < -0.3 is 21.5 Å². The van der Waals surface area contributed by atoms with Gasteiger partial charge in [-0.3, -0.25) is 0 Å². The topological polar surface area (TPSA) is 97.6 Å². The highest BCUT2D eigenvalue weighted by Crippen LogP contribution is 2.13. The highest BCUT2D eigenvalue weighted by atomic mass is 19.4. The number of nitrogens with one attached hydrogen (secondary N) is 1. The second-order valence-corrected chi connectivity index (χ2v) is 4.22. The van der Waals surface area contributed by atoms with Gasteiger partial charge in [-0.15, -0.1) is 5.10 Å². The Labute approximate surface area is 120 Å². The number of alkyl halides is 5. The molecule has 0 aromatic carbocycles. The molecule has 1 heterocycles. The normalized spacial score (nSPS) is 14.6. The summed E-state index contributed by atoms with van der Waals surface area (Å²) in [5.41, 5.74) is 9.98. The molecule has 22 heavy (non-hydrogen) atoms. The first kappa shape index (κ1) is 18.1. The van der Waals surface area contributed by atoms with E-state index in [1.165, 1.54) is 0 Å². The number of nitrogens with zero attached hydrogens (tertiary/aromatic N) is 1. The van der Waals surface area contributed by atoms with E-state index in [1.54, 1.807) is 0 Å². The number of quaternary nitrogens is 1. The molecule has 0 saturated heterocycles. The average Bonchev–Trinajstić information content (AvgIpc) is 2.71. The van der Waals surface area contributed by atoms with Gasteiger partial charge in [0.05, 0.1) is 6.20 Å². The molecule has 0 aliphatic carbocycles. The number of ether oxygens (including phenoxy) is 1. The minimum atomic E-state index is -4.51. The van der Waals surface area contributed by atoms with Gasteiger partial charge in [0.25, 0.3) is 12.0 Å². The van der Waals surface area contributed by atoms with E-state index < -0.39 is 37.9 Å². The van der Waals surface area contributed by atoms with Crippen LogP contribution >= 0.6 is 0 Å². The predicted molar refractivity (Wildman–Crippen MR) is 61.5 cm³/mol. The minimum absolute atomic E-state index is 0.177. The molecule has 0 saturated carbocycles. The van der Waals surface area contributed by atoms with Crippen LogP contribution in [0, 0.1) is 5.95 Å². The summed E-state index contributed by atoms with van der Waals surface area (Å²) in [5.74, 6) is -0.964. The molecule has 1 unspecified atom stereocenters. The number of aromatic amines is 1. The van der Waals surface area contributed by atoms with E-state index >= 15 is 0 Å². The van der Waals surface area contributed by atoms with E-state index in [4.69, 9.17) is 11.5 Å². The standard InChI is InChI=1S/C10H13F6N5O/c11-8-5(18)2-21(20-8)7(3-22-9(12)13)6(1-17)19-4-10(14,15)16/h1-2,7,9,19H,3-4,17-18H2/p+2/b6-1-. The largest absolute Gasteiger partial charge is 0.438 e. The van der Waals surface area contributed by atoms with Crippen LogP contribution in [0.1, 0.15) is 6.04 Å². The fourth-order valence-electron chi connectivity index (χ4n) is 1.63. The van der Waals surface area contributed by atoms with Crippen molar-refractivity contribution in [1.82, 2.24) is 5.10 Å². The Hall–Kier alpha value is -1.95. The van der Waals surface area contributed by atoms with E-state index in [9.17, 15) is 26.3 Å². The highest BCUT2D eigenvalue weighted by Gasteiger charge is 2.36. The molecule has 0 bridgehead atoms. The Morgan fingerprint density at radius 2 is 2.09 bits per heavy atom. The van der Waals surface area contributed by atoms with Crippen LogP contribution in [-0.4, -0.2) is 31.0 Å². The molecule has 0 radical (unpaired) electrons. The Balaban J connectivity index is 2.96. The van der Waals surface area contributed by atoms with Crippen LogP contribution < -0.4 is 21.5 Å². The van der Waals surface area contributed by atoms with Crippen molar-refractivity contribution in [2.75, 3.05) is 18.9 Å². The van der Waals surface area contributed by atoms with Gasteiger partial charge >= 0.3 is 12.8 Å². The molecule has 6 nitrogen and oxygen atoms in total. The van der Waals surface area contributed by atoms with Gasteiger partial charge in [-0.25, -0.2) is 0 Å². The van der Waals surface area contributed by atoms with E-state index in [1.807, 2.05) is 0 Å². The lowest BCUT2D eigenvalue weighted by Gasteiger charge is -2.13. The number of H-pyrrole nitrogens is 1. The molecule has 1 aromatic rings. The summed E-state index contributed by atoms with van der Waals surface area (Å²) in [6.45, 7) is -5.22. The smallest absolute Gasteiger partial charge is 0.400 e. The molecule has 0 spiro atoms. The maximum absolute atomic E-state index is 13.2.